The van der Waals surface area contributed by atoms with Gasteiger partial charge in [-0.05, 0) is 49.4 Å². The molecule has 1 heterocycles. The topological polar surface area (TPSA) is 131 Å². The lowest BCUT2D eigenvalue weighted by Gasteiger charge is -2.30. The van der Waals surface area contributed by atoms with Crippen LogP contribution in [0.5, 0.6) is 0 Å². The molecule has 0 spiro atoms. The Morgan fingerprint density at radius 1 is 1.11 bits per heavy atom. The van der Waals surface area contributed by atoms with Crippen molar-refractivity contribution >= 4 is 29.4 Å². The van der Waals surface area contributed by atoms with Gasteiger partial charge in [-0.1, -0.05) is 32.3 Å². The number of halogens is 1. The molecule has 38 heavy (non-hydrogen) atoms. The van der Waals surface area contributed by atoms with Gasteiger partial charge < -0.3 is 20.7 Å². The van der Waals surface area contributed by atoms with E-state index in [9.17, 15) is 19.2 Å². The highest BCUT2D eigenvalue weighted by Crippen LogP contribution is 2.28. The number of aryl methyl sites for hydroxylation is 1. The number of hydrogen-bond acceptors (Lipinski definition) is 6. The number of aromatic nitrogens is 2. The van der Waals surface area contributed by atoms with Gasteiger partial charge in [-0.3, -0.25) is 19.1 Å². The highest BCUT2D eigenvalue weighted by Gasteiger charge is 2.32. The van der Waals surface area contributed by atoms with E-state index in [1.54, 1.807) is 23.7 Å². The van der Waals surface area contributed by atoms with Crippen LogP contribution in [-0.4, -0.2) is 52.7 Å². The molecule has 3 N–H and O–H groups in total. The first-order valence-corrected chi connectivity index (χ1v) is 13.1. The summed E-state index contributed by atoms with van der Waals surface area (Å²) in [7, 11) is 1.21. The van der Waals surface area contributed by atoms with Crippen molar-refractivity contribution in [3.63, 3.8) is 0 Å². The smallest absolute Gasteiger partial charge is 0.328 e. The zero-order valence-corrected chi connectivity index (χ0v) is 22.1. The number of amides is 3. The molecule has 1 aliphatic rings. The third kappa shape index (κ3) is 7.39. The SMILES string of the molecule is CCC(=O)N[C@H](Cc1ccc(NC(=O)[C@@H](NC(=O)c2ccnn2CC)C2CCCCC2)c(F)c1)C(=O)OC. The van der Waals surface area contributed by atoms with Crippen LogP contribution in [0.4, 0.5) is 10.1 Å². The van der Waals surface area contributed by atoms with Crippen LogP contribution in [0.25, 0.3) is 0 Å². The van der Waals surface area contributed by atoms with Crippen molar-refractivity contribution < 1.29 is 28.3 Å². The molecule has 0 radical (unpaired) electrons. The number of carbonyl (C=O) groups excluding carboxylic acids is 4. The highest BCUT2D eigenvalue weighted by molar-refractivity contribution is 6.00. The number of benzene rings is 1. The van der Waals surface area contributed by atoms with Gasteiger partial charge in [-0.25, -0.2) is 9.18 Å². The van der Waals surface area contributed by atoms with Crippen LogP contribution in [-0.2, 0) is 32.1 Å². The first kappa shape index (κ1) is 28.8. The second kappa shape index (κ2) is 13.7. The largest absolute Gasteiger partial charge is 0.467 e. The number of carbonyl (C=O) groups is 4. The fourth-order valence-electron chi connectivity index (χ4n) is 4.72. The maximum Gasteiger partial charge on any atom is 0.328 e. The lowest BCUT2D eigenvalue weighted by molar-refractivity contribution is -0.145. The van der Waals surface area contributed by atoms with Crippen molar-refractivity contribution in [3.05, 3.63) is 47.5 Å². The number of esters is 1. The minimum absolute atomic E-state index is 0.0232. The molecule has 1 aromatic heterocycles. The Bertz CT molecular complexity index is 1140. The van der Waals surface area contributed by atoms with Crippen LogP contribution in [0, 0.1) is 11.7 Å². The Morgan fingerprint density at radius 3 is 2.47 bits per heavy atom. The summed E-state index contributed by atoms with van der Waals surface area (Å²) in [6.07, 6.45) is 6.29. The van der Waals surface area contributed by atoms with Crippen LogP contribution in [0.2, 0.25) is 0 Å². The van der Waals surface area contributed by atoms with Gasteiger partial charge in [0.05, 0.1) is 12.8 Å². The van der Waals surface area contributed by atoms with E-state index in [1.165, 1.54) is 25.4 Å². The molecule has 2 atom stereocenters. The van der Waals surface area contributed by atoms with Gasteiger partial charge in [-0.2, -0.15) is 5.10 Å². The Balaban J connectivity index is 1.75. The predicted octanol–water partition coefficient (Wildman–Crippen LogP) is 2.97. The molecule has 1 aliphatic carbocycles. The standard InChI is InChI=1S/C27H36FN5O5/c1-4-23(34)30-21(27(37)38-3)16-17-11-12-20(19(28)15-17)31-26(36)24(18-9-7-6-8-10-18)32-25(35)22-13-14-29-33(22)5-2/h11-15,18,21,24H,4-10,16H2,1-3H3,(H,30,34)(H,31,36)(H,32,35)/t21-,24+/m1/s1. The van der Waals surface area contributed by atoms with E-state index in [1.807, 2.05) is 6.92 Å². The lowest BCUT2D eigenvalue weighted by atomic mass is 9.83. The molecule has 0 bridgehead atoms. The summed E-state index contributed by atoms with van der Waals surface area (Å²) in [5, 5.41) is 12.2. The minimum atomic E-state index is -0.963. The summed E-state index contributed by atoms with van der Waals surface area (Å²) >= 11 is 0. The molecule has 10 nitrogen and oxygen atoms in total. The van der Waals surface area contributed by atoms with Gasteiger partial charge >= 0.3 is 5.97 Å². The molecular weight excluding hydrogens is 493 g/mol. The average molecular weight is 530 g/mol. The second-order valence-electron chi connectivity index (χ2n) is 9.39. The van der Waals surface area contributed by atoms with E-state index in [0.717, 1.165) is 32.1 Å². The number of hydrogen-bond donors (Lipinski definition) is 3. The minimum Gasteiger partial charge on any atom is -0.467 e. The number of methoxy groups -OCH3 is 1. The van der Waals surface area contributed by atoms with E-state index >= 15 is 4.39 Å². The number of nitrogens with one attached hydrogen (secondary N) is 3. The van der Waals surface area contributed by atoms with Gasteiger partial charge in [0.15, 0.2) is 0 Å². The molecule has 2 aromatic rings. The van der Waals surface area contributed by atoms with E-state index < -0.39 is 35.7 Å². The summed E-state index contributed by atoms with van der Waals surface area (Å²) in [6, 6.07) is 3.98. The quantitative estimate of drug-likeness (QED) is 0.384. The number of ether oxygens (including phenoxy) is 1. The monoisotopic (exact) mass is 529 g/mol. The van der Waals surface area contributed by atoms with Gasteiger partial charge in [0.1, 0.15) is 23.6 Å². The molecule has 3 rings (SSSR count). The van der Waals surface area contributed by atoms with Crippen LogP contribution >= 0.6 is 0 Å². The fourth-order valence-corrected chi connectivity index (χ4v) is 4.72. The number of anilines is 1. The molecular formula is C27H36FN5O5. The summed E-state index contributed by atoms with van der Waals surface area (Å²) in [6.45, 7) is 4.03. The first-order chi connectivity index (χ1) is 18.3. The zero-order valence-electron chi connectivity index (χ0n) is 22.1. The number of nitrogens with zero attached hydrogens (tertiary/aromatic N) is 2. The van der Waals surface area contributed by atoms with E-state index in [-0.39, 0.29) is 30.4 Å². The average Bonchev–Trinajstić information content (AvgIpc) is 3.41. The molecule has 11 heteroatoms. The molecule has 0 unspecified atom stereocenters. The van der Waals surface area contributed by atoms with Gasteiger partial charge in [-0.15, -0.1) is 0 Å². The molecule has 0 saturated heterocycles. The highest BCUT2D eigenvalue weighted by atomic mass is 19.1. The summed E-state index contributed by atoms with van der Waals surface area (Å²) in [4.78, 5) is 50.2. The Labute approximate surface area is 221 Å². The Hall–Kier alpha value is -3.76. The van der Waals surface area contributed by atoms with Crippen molar-refractivity contribution in [2.24, 2.45) is 5.92 Å². The summed E-state index contributed by atoms with van der Waals surface area (Å²) in [5.41, 5.74) is 0.754. The lowest BCUT2D eigenvalue weighted by Crippen LogP contribution is -2.49. The molecule has 206 valence electrons. The predicted molar refractivity (Wildman–Crippen MR) is 139 cm³/mol. The summed E-state index contributed by atoms with van der Waals surface area (Å²) in [5.74, 6) is -2.64. The second-order valence-corrected chi connectivity index (χ2v) is 9.39. The maximum atomic E-state index is 15.0. The zero-order chi connectivity index (χ0) is 27.7. The third-order valence-corrected chi connectivity index (χ3v) is 6.81. The number of rotatable bonds is 11. The molecule has 0 aliphatic heterocycles. The van der Waals surface area contributed by atoms with E-state index in [2.05, 4.69) is 21.0 Å². The Morgan fingerprint density at radius 2 is 1.84 bits per heavy atom. The molecule has 1 saturated carbocycles. The normalized spacial score (nSPS) is 15.3. The van der Waals surface area contributed by atoms with Crippen molar-refractivity contribution in [1.82, 2.24) is 20.4 Å². The molecule has 1 aromatic carbocycles. The van der Waals surface area contributed by atoms with Crippen molar-refractivity contribution in [2.45, 2.75) is 77.4 Å². The maximum absolute atomic E-state index is 15.0. The first-order valence-electron chi connectivity index (χ1n) is 13.1. The van der Waals surface area contributed by atoms with Gasteiger partial charge in [0.25, 0.3) is 5.91 Å². The van der Waals surface area contributed by atoms with Crippen LogP contribution in [0.15, 0.2) is 30.5 Å². The van der Waals surface area contributed by atoms with Crippen molar-refractivity contribution in [1.29, 1.82) is 0 Å². The van der Waals surface area contributed by atoms with Crippen LogP contribution < -0.4 is 16.0 Å². The van der Waals surface area contributed by atoms with Crippen molar-refractivity contribution in [3.8, 4) is 0 Å². The fraction of sp³-hybridized carbons (Fsp3) is 0.519. The van der Waals surface area contributed by atoms with Crippen LogP contribution in [0.1, 0.15) is 68.4 Å². The van der Waals surface area contributed by atoms with E-state index in [0.29, 0.717) is 17.8 Å². The van der Waals surface area contributed by atoms with Crippen molar-refractivity contribution in [2.75, 3.05) is 12.4 Å². The van der Waals surface area contributed by atoms with Crippen LogP contribution in [0.3, 0.4) is 0 Å². The van der Waals surface area contributed by atoms with E-state index in [4.69, 9.17) is 4.74 Å². The molecule has 3 amide bonds. The summed E-state index contributed by atoms with van der Waals surface area (Å²) < 4.78 is 21.3. The Kier molecular flexibility index (Phi) is 10.4. The third-order valence-electron chi connectivity index (χ3n) is 6.81. The molecule has 1 fully saturated rings. The van der Waals surface area contributed by atoms with Gasteiger partial charge in [0, 0.05) is 25.6 Å². The van der Waals surface area contributed by atoms with Gasteiger partial charge in [0.2, 0.25) is 11.8 Å².